The van der Waals surface area contributed by atoms with Crippen LogP contribution in [0.3, 0.4) is 0 Å². The Hall–Kier alpha value is -2.04. The maximum atomic E-state index is 12.9. The first-order valence-corrected chi connectivity index (χ1v) is 9.86. The molecule has 1 aliphatic carbocycles. The first kappa shape index (κ1) is 20.3. The van der Waals surface area contributed by atoms with Gasteiger partial charge in [-0.15, -0.1) is 0 Å². The number of amides is 2. The minimum absolute atomic E-state index is 0.000699. The van der Waals surface area contributed by atoms with Gasteiger partial charge in [0.25, 0.3) is 5.91 Å². The molecule has 0 aromatic heterocycles. The van der Waals surface area contributed by atoms with E-state index in [0.29, 0.717) is 36.7 Å². The molecule has 1 saturated carbocycles. The van der Waals surface area contributed by atoms with E-state index in [9.17, 15) is 9.59 Å². The van der Waals surface area contributed by atoms with Crippen molar-refractivity contribution in [3.05, 3.63) is 23.8 Å². The zero-order chi connectivity index (χ0) is 19.1. The zero-order valence-corrected chi connectivity index (χ0v) is 16.7. The lowest BCUT2D eigenvalue weighted by Gasteiger charge is -2.23. The van der Waals surface area contributed by atoms with Gasteiger partial charge in [0.15, 0.2) is 0 Å². The standard InChI is InChI=1S/C21H33N3O2/c1-5-24(6-2)21(26)18-15-17(12-13-19(18)23(3)4)22-20(25)14-11-16-9-7-8-10-16/h12-13,15-16H,5-11,14H2,1-4H3,(H,22,25). The van der Waals surface area contributed by atoms with Gasteiger partial charge in [-0.1, -0.05) is 25.7 Å². The van der Waals surface area contributed by atoms with Crippen LogP contribution in [0.5, 0.6) is 0 Å². The lowest BCUT2D eigenvalue weighted by molar-refractivity contribution is -0.116. The van der Waals surface area contributed by atoms with Gasteiger partial charge in [0, 0.05) is 45.0 Å². The minimum atomic E-state index is 0.000699. The molecule has 1 aromatic rings. The summed E-state index contributed by atoms with van der Waals surface area (Å²) in [4.78, 5) is 28.9. The van der Waals surface area contributed by atoms with Crippen molar-refractivity contribution >= 4 is 23.2 Å². The molecule has 5 heteroatoms. The van der Waals surface area contributed by atoms with E-state index in [4.69, 9.17) is 0 Å². The van der Waals surface area contributed by atoms with E-state index in [1.807, 2.05) is 51.0 Å². The Kier molecular flexibility index (Phi) is 7.49. The van der Waals surface area contributed by atoms with E-state index in [2.05, 4.69) is 5.32 Å². The van der Waals surface area contributed by atoms with Crippen LogP contribution in [0, 0.1) is 5.92 Å². The Labute approximate surface area is 157 Å². The molecule has 0 heterocycles. The predicted octanol–water partition coefficient (Wildman–Crippen LogP) is 4.14. The molecule has 0 unspecified atom stereocenters. The van der Waals surface area contributed by atoms with Crippen LogP contribution >= 0.6 is 0 Å². The molecule has 0 saturated heterocycles. The summed E-state index contributed by atoms with van der Waals surface area (Å²) in [6.07, 6.45) is 6.64. The first-order chi connectivity index (χ1) is 12.5. The molecule has 1 aromatic carbocycles. The number of carbonyl (C=O) groups excluding carboxylic acids is 2. The Morgan fingerprint density at radius 2 is 1.77 bits per heavy atom. The summed E-state index contributed by atoms with van der Waals surface area (Å²) >= 11 is 0. The van der Waals surface area contributed by atoms with Crippen LogP contribution in [0.4, 0.5) is 11.4 Å². The monoisotopic (exact) mass is 359 g/mol. The van der Waals surface area contributed by atoms with E-state index >= 15 is 0 Å². The fraction of sp³-hybridized carbons (Fsp3) is 0.619. The molecule has 2 rings (SSSR count). The van der Waals surface area contributed by atoms with E-state index < -0.39 is 0 Å². The molecule has 144 valence electrons. The van der Waals surface area contributed by atoms with Gasteiger partial charge in [0.2, 0.25) is 5.91 Å². The zero-order valence-electron chi connectivity index (χ0n) is 16.7. The highest BCUT2D eigenvalue weighted by Gasteiger charge is 2.20. The van der Waals surface area contributed by atoms with Crippen molar-refractivity contribution in [1.29, 1.82) is 0 Å². The van der Waals surface area contributed by atoms with Crippen molar-refractivity contribution in [2.45, 2.75) is 52.4 Å². The van der Waals surface area contributed by atoms with Crippen molar-refractivity contribution in [3.8, 4) is 0 Å². The molecule has 0 atom stereocenters. The molecule has 0 aliphatic heterocycles. The van der Waals surface area contributed by atoms with E-state index in [1.54, 1.807) is 4.90 Å². The van der Waals surface area contributed by atoms with E-state index in [-0.39, 0.29) is 11.8 Å². The Bertz CT molecular complexity index is 618. The van der Waals surface area contributed by atoms with Crippen molar-refractivity contribution in [2.75, 3.05) is 37.4 Å². The topological polar surface area (TPSA) is 52.7 Å². The van der Waals surface area contributed by atoms with Crippen LogP contribution in [-0.2, 0) is 4.79 Å². The van der Waals surface area contributed by atoms with E-state index in [1.165, 1.54) is 25.7 Å². The third kappa shape index (κ3) is 5.23. The van der Waals surface area contributed by atoms with Gasteiger partial charge in [-0.25, -0.2) is 0 Å². The quantitative estimate of drug-likeness (QED) is 0.759. The number of rotatable bonds is 8. The maximum Gasteiger partial charge on any atom is 0.256 e. The Balaban J connectivity index is 2.10. The molecule has 26 heavy (non-hydrogen) atoms. The Morgan fingerprint density at radius 1 is 1.12 bits per heavy atom. The average molecular weight is 360 g/mol. The molecule has 0 radical (unpaired) electrons. The van der Waals surface area contributed by atoms with Crippen LogP contribution in [0.15, 0.2) is 18.2 Å². The van der Waals surface area contributed by atoms with Crippen molar-refractivity contribution < 1.29 is 9.59 Å². The van der Waals surface area contributed by atoms with Gasteiger partial charge in [-0.2, -0.15) is 0 Å². The van der Waals surface area contributed by atoms with Crippen molar-refractivity contribution in [2.24, 2.45) is 5.92 Å². The number of nitrogens with zero attached hydrogens (tertiary/aromatic N) is 2. The molecule has 1 N–H and O–H groups in total. The number of hydrogen-bond acceptors (Lipinski definition) is 3. The number of anilines is 2. The second-order valence-electron chi connectivity index (χ2n) is 7.34. The van der Waals surface area contributed by atoms with E-state index in [0.717, 1.165) is 12.1 Å². The summed E-state index contributed by atoms with van der Waals surface area (Å²) in [6.45, 7) is 5.29. The molecule has 0 spiro atoms. The van der Waals surface area contributed by atoms with Crippen LogP contribution in [0.25, 0.3) is 0 Å². The van der Waals surface area contributed by atoms with Gasteiger partial charge < -0.3 is 15.1 Å². The van der Waals surface area contributed by atoms with Crippen molar-refractivity contribution in [3.63, 3.8) is 0 Å². The summed E-state index contributed by atoms with van der Waals surface area (Å²) in [5, 5.41) is 2.97. The highest BCUT2D eigenvalue weighted by atomic mass is 16.2. The summed E-state index contributed by atoms with van der Waals surface area (Å²) in [5.41, 5.74) is 2.20. The van der Waals surface area contributed by atoms with Gasteiger partial charge in [-0.05, 0) is 44.4 Å². The summed E-state index contributed by atoms with van der Waals surface area (Å²) in [7, 11) is 3.85. The summed E-state index contributed by atoms with van der Waals surface area (Å²) in [5.74, 6) is 0.744. The van der Waals surface area contributed by atoms with Gasteiger partial charge in [0.05, 0.1) is 5.56 Å². The molecular weight excluding hydrogens is 326 g/mol. The van der Waals surface area contributed by atoms with Gasteiger partial charge in [-0.3, -0.25) is 9.59 Å². The van der Waals surface area contributed by atoms with Crippen LogP contribution in [-0.4, -0.2) is 43.9 Å². The number of carbonyl (C=O) groups is 2. The largest absolute Gasteiger partial charge is 0.377 e. The molecular formula is C21H33N3O2. The summed E-state index contributed by atoms with van der Waals surface area (Å²) in [6, 6.07) is 5.59. The lowest BCUT2D eigenvalue weighted by atomic mass is 10.0. The predicted molar refractivity (Wildman–Crippen MR) is 108 cm³/mol. The maximum absolute atomic E-state index is 12.9. The lowest BCUT2D eigenvalue weighted by Crippen LogP contribution is -2.31. The average Bonchev–Trinajstić information content (AvgIpc) is 3.14. The summed E-state index contributed by atoms with van der Waals surface area (Å²) < 4.78 is 0. The van der Waals surface area contributed by atoms with Gasteiger partial charge in [0.1, 0.15) is 0 Å². The molecule has 2 amide bonds. The van der Waals surface area contributed by atoms with Crippen LogP contribution in [0.1, 0.15) is 62.7 Å². The fourth-order valence-corrected chi connectivity index (χ4v) is 3.71. The second-order valence-corrected chi connectivity index (χ2v) is 7.34. The fourth-order valence-electron chi connectivity index (χ4n) is 3.71. The highest BCUT2D eigenvalue weighted by Crippen LogP contribution is 2.29. The number of benzene rings is 1. The molecule has 0 bridgehead atoms. The normalized spacial score (nSPS) is 14.3. The highest BCUT2D eigenvalue weighted by molar-refractivity contribution is 6.02. The first-order valence-electron chi connectivity index (χ1n) is 9.86. The SMILES string of the molecule is CCN(CC)C(=O)c1cc(NC(=O)CCC2CCCC2)ccc1N(C)C. The van der Waals surface area contributed by atoms with Gasteiger partial charge >= 0.3 is 0 Å². The minimum Gasteiger partial charge on any atom is -0.377 e. The molecule has 1 aliphatic rings. The molecule has 1 fully saturated rings. The van der Waals surface area contributed by atoms with Crippen LogP contribution < -0.4 is 10.2 Å². The smallest absolute Gasteiger partial charge is 0.256 e. The second kappa shape index (κ2) is 9.60. The molecule has 5 nitrogen and oxygen atoms in total. The number of nitrogens with one attached hydrogen (secondary N) is 1. The van der Waals surface area contributed by atoms with Crippen LogP contribution in [0.2, 0.25) is 0 Å². The third-order valence-corrected chi connectivity index (χ3v) is 5.30. The number of hydrogen-bond donors (Lipinski definition) is 1. The third-order valence-electron chi connectivity index (χ3n) is 5.30. The van der Waals surface area contributed by atoms with Crippen molar-refractivity contribution in [1.82, 2.24) is 4.90 Å². The Morgan fingerprint density at radius 3 is 2.35 bits per heavy atom.